The van der Waals surface area contributed by atoms with Gasteiger partial charge in [-0.3, -0.25) is 9.59 Å². The summed E-state index contributed by atoms with van der Waals surface area (Å²) in [5.74, 6) is -3.29. The molecule has 390 valence electrons. The van der Waals surface area contributed by atoms with Gasteiger partial charge in [-0.15, -0.1) is 5.10 Å². The van der Waals surface area contributed by atoms with Crippen molar-refractivity contribution in [3.63, 3.8) is 0 Å². The number of rotatable bonds is 15. The van der Waals surface area contributed by atoms with Crippen molar-refractivity contribution in [2.45, 2.75) is 68.1 Å². The van der Waals surface area contributed by atoms with E-state index in [-0.39, 0.29) is 53.3 Å². The molecular weight excluding hydrogens is 995 g/mol. The van der Waals surface area contributed by atoms with Gasteiger partial charge in [-0.2, -0.15) is 4.31 Å². The van der Waals surface area contributed by atoms with Crippen molar-refractivity contribution >= 4 is 56.5 Å². The Labute approximate surface area is 436 Å². The molecule has 4 fully saturated rings. The molecule has 4 saturated heterocycles. The zero-order valence-electron chi connectivity index (χ0n) is 41.2. The van der Waals surface area contributed by atoms with Gasteiger partial charge in [0.25, 0.3) is 5.91 Å². The first kappa shape index (κ1) is 49.8. The molecule has 5 aromatic rings. The summed E-state index contributed by atoms with van der Waals surface area (Å²) in [6.07, 6.45) is 4.78. The van der Waals surface area contributed by atoms with E-state index < -0.39 is 58.0 Å². The maximum absolute atomic E-state index is 14.2. The summed E-state index contributed by atoms with van der Waals surface area (Å²) in [6, 6.07) is 26.3. The Bertz CT molecular complexity index is 3570. The molecule has 76 heavy (non-hydrogen) atoms. The van der Waals surface area contributed by atoms with Crippen LogP contribution in [0.2, 0.25) is 0 Å². The zero-order valence-corrected chi connectivity index (χ0v) is 42.0. The van der Waals surface area contributed by atoms with E-state index in [4.69, 9.17) is 9.15 Å². The molecule has 1 aliphatic carbocycles. The van der Waals surface area contributed by atoms with E-state index in [1.165, 1.54) is 41.2 Å². The van der Waals surface area contributed by atoms with Gasteiger partial charge in [0.2, 0.25) is 21.3 Å². The van der Waals surface area contributed by atoms with Gasteiger partial charge in [0.05, 0.1) is 42.1 Å². The first-order chi connectivity index (χ1) is 36.8. The molecule has 6 aliphatic rings. The van der Waals surface area contributed by atoms with Gasteiger partial charge < -0.3 is 44.6 Å². The molecule has 11 rings (SSSR count). The minimum atomic E-state index is -4.31. The maximum atomic E-state index is 14.2. The van der Waals surface area contributed by atoms with E-state index in [9.17, 15) is 42.6 Å². The Hall–Kier alpha value is -8.43. The highest BCUT2D eigenvalue weighted by Gasteiger charge is 2.46. The van der Waals surface area contributed by atoms with Crippen molar-refractivity contribution in [2.75, 3.05) is 50.7 Å². The second-order valence-corrected chi connectivity index (χ2v) is 21.4. The summed E-state index contributed by atoms with van der Waals surface area (Å²) >= 11 is 0. The largest absolute Gasteiger partial charge is 0.545 e. The van der Waals surface area contributed by atoms with E-state index in [1.807, 2.05) is 36.4 Å². The van der Waals surface area contributed by atoms with Crippen LogP contribution in [0.25, 0.3) is 33.4 Å². The Balaban J connectivity index is 0.817. The molecule has 21 heteroatoms. The Kier molecular flexibility index (Phi) is 13.6. The third-order valence-corrected chi connectivity index (χ3v) is 16.6. The molecule has 0 spiro atoms. The van der Waals surface area contributed by atoms with Gasteiger partial charge in [-0.1, -0.05) is 41.6 Å². The van der Waals surface area contributed by atoms with Crippen molar-refractivity contribution < 1.29 is 51.8 Å². The van der Waals surface area contributed by atoms with Crippen LogP contribution < -0.4 is 35.3 Å². The minimum absolute atomic E-state index is 0.0669. The number of sulfonamides is 1. The molecule has 0 radical (unpaired) electrons. The summed E-state index contributed by atoms with van der Waals surface area (Å²) in [4.78, 5) is 69.8. The van der Waals surface area contributed by atoms with E-state index in [0.29, 0.717) is 52.2 Å². The number of hydrogen-bond donors (Lipinski definition) is 3. The van der Waals surface area contributed by atoms with E-state index in [2.05, 4.69) is 30.4 Å². The molecule has 6 heterocycles. The quantitative estimate of drug-likeness (QED) is 0.0974. The standard InChI is InChI=1S/C55H53N9O11S/c65-51(35-12-17-42(53(67)68)45(27-35)50-43-18-13-37(60-22-6-23-60)29-48(43)75-49-30-38(14-19-44(49)50)61-24-7-25-61)56-31-36-32-63(59-58-36)39-28-47(64(33-39)76(72,73)41-8-2-1-3-9-41)52(66)57-46(54(69)70)26-34-10-15-40(16-11-34)74-55(71)62-20-4-5-21-62/h1-3,8-19,27,29-30,32,39,46-47H,4-7,20-26,28,31,33H2,(H3-,56,57,65,66,67,68,69,70)/t39-,46+,47+/m1/s1. The van der Waals surface area contributed by atoms with Gasteiger partial charge in [-0.05, 0) is 91.4 Å². The molecule has 3 atom stereocenters. The van der Waals surface area contributed by atoms with Crippen molar-refractivity contribution in [1.82, 2.24) is 39.4 Å². The molecule has 20 nitrogen and oxygen atoms in total. The van der Waals surface area contributed by atoms with Crippen LogP contribution >= 0.6 is 0 Å². The number of likely N-dealkylation sites (tertiary alicyclic amines) is 1. The lowest BCUT2D eigenvalue weighted by molar-refractivity contribution is -0.255. The second kappa shape index (κ2) is 20.7. The highest BCUT2D eigenvalue weighted by Crippen LogP contribution is 2.43. The first-order valence-corrected chi connectivity index (χ1v) is 26.8. The number of fused-ring (bicyclic) bond motifs is 2. The molecule has 3 amide bonds. The normalized spacial score (nSPS) is 18.0. The average molecular weight is 1050 g/mol. The summed E-state index contributed by atoms with van der Waals surface area (Å²) in [5, 5.41) is 38.6. The third kappa shape index (κ3) is 9.97. The van der Waals surface area contributed by atoms with Crippen LogP contribution in [0.3, 0.4) is 0 Å². The number of nitrogens with one attached hydrogen (secondary N) is 2. The van der Waals surface area contributed by atoms with E-state index in [0.717, 1.165) is 67.2 Å². The van der Waals surface area contributed by atoms with Gasteiger partial charge in [0.1, 0.15) is 48.0 Å². The smallest absolute Gasteiger partial charge is 0.415 e. The fourth-order valence-corrected chi connectivity index (χ4v) is 11.9. The van der Waals surface area contributed by atoms with Crippen LogP contribution in [0.5, 0.6) is 5.75 Å². The van der Waals surface area contributed by atoms with Crippen molar-refractivity contribution in [1.29, 1.82) is 0 Å². The summed E-state index contributed by atoms with van der Waals surface area (Å²) in [7, 11) is -4.31. The number of aliphatic carboxylic acids is 1. The third-order valence-electron chi connectivity index (χ3n) is 14.7. The van der Waals surface area contributed by atoms with E-state index in [1.54, 1.807) is 47.4 Å². The highest BCUT2D eigenvalue weighted by molar-refractivity contribution is 7.89. The number of carboxylic acids is 2. The highest BCUT2D eigenvalue weighted by atomic mass is 32.2. The van der Waals surface area contributed by atoms with Gasteiger partial charge in [-0.25, -0.2) is 27.3 Å². The Morgan fingerprint density at radius 2 is 1.63 bits per heavy atom. The molecule has 4 aromatic carbocycles. The van der Waals surface area contributed by atoms with E-state index >= 15 is 0 Å². The van der Waals surface area contributed by atoms with Crippen LogP contribution in [0.15, 0.2) is 125 Å². The number of carboxylic acid groups (broad SMARTS) is 2. The van der Waals surface area contributed by atoms with Crippen molar-refractivity contribution in [3.8, 4) is 28.2 Å². The summed E-state index contributed by atoms with van der Waals surface area (Å²) < 4.78 is 45.1. The molecule has 3 N–H and O–H groups in total. The molecule has 1 aromatic heterocycles. The Morgan fingerprint density at radius 3 is 2.33 bits per heavy atom. The number of aromatic carboxylic acids is 1. The monoisotopic (exact) mass is 1050 g/mol. The number of benzene rings is 5. The fraction of sp³-hybridized carbons (Fsp3) is 0.309. The van der Waals surface area contributed by atoms with Crippen LogP contribution in [0, 0.1) is 0 Å². The summed E-state index contributed by atoms with van der Waals surface area (Å²) in [5.41, 5.74) is 3.92. The number of carbonyl (C=O) groups is 5. The van der Waals surface area contributed by atoms with Crippen LogP contribution in [0.1, 0.15) is 70.1 Å². The maximum Gasteiger partial charge on any atom is 0.415 e. The van der Waals surface area contributed by atoms with Crippen molar-refractivity contribution in [2.24, 2.45) is 0 Å². The minimum Gasteiger partial charge on any atom is -0.545 e. The number of aromatic nitrogens is 3. The molecule has 0 unspecified atom stereocenters. The molecule has 0 bridgehead atoms. The summed E-state index contributed by atoms with van der Waals surface area (Å²) in [6.45, 7) is 4.55. The average Bonchev–Trinajstić information content (AvgIpc) is 4.21. The lowest BCUT2D eigenvalue weighted by Gasteiger charge is -2.33. The predicted octanol–water partition coefficient (Wildman–Crippen LogP) is 3.89. The molecule has 0 saturated carbocycles. The number of amides is 3. The number of ether oxygens (including phenoxy) is 1. The van der Waals surface area contributed by atoms with Gasteiger partial charge in [0, 0.05) is 84.6 Å². The second-order valence-electron chi connectivity index (χ2n) is 19.5. The van der Waals surface area contributed by atoms with Crippen LogP contribution in [0.4, 0.5) is 10.5 Å². The molecular formula is C55H53N9O11S. The lowest BCUT2D eigenvalue weighted by Crippen LogP contribution is -2.51. The predicted molar refractivity (Wildman–Crippen MR) is 275 cm³/mol. The Morgan fingerprint density at radius 1 is 0.855 bits per heavy atom. The SMILES string of the molecule is O=C(NCc1cn([C@@H]2C[C@@H](C(=O)N[C@@H](Cc3ccc(OC(=O)N4CCCC4)cc3)C(=O)O)N(S(=O)(=O)c3ccccc3)C2)nn1)c1ccc(C(=O)[O-])c(-c2c3ccc(=[N+]4CCC4)cc-3oc3cc(N4CCC4)ccc23)c1. The lowest BCUT2D eigenvalue weighted by atomic mass is 9.89. The van der Waals surface area contributed by atoms with Gasteiger partial charge in [0.15, 0.2) is 0 Å². The van der Waals surface area contributed by atoms with Gasteiger partial charge >= 0.3 is 12.1 Å². The zero-order chi connectivity index (χ0) is 52.7. The number of carbonyl (C=O) groups excluding carboxylic acids is 4. The molecule has 5 aliphatic heterocycles. The topological polar surface area (TPSA) is 253 Å². The first-order valence-electron chi connectivity index (χ1n) is 25.3. The number of anilines is 1. The number of nitrogens with zero attached hydrogens (tertiary/aromatic N) is 7. The van der Waals surface area contributed by atoms with Crippen LogP contribution in [-0.2, 0) is 32.6 Å². The van der Waals surface area contributed by atoms with Crippen LogP contribution in [-0.4, -0.2) is 125 Å². The van der Waals surface area contributed by atoms with Crippen molar-refractivity contribution in [3.05, 3.63) is 143 Å². The fourth-order valence-electron chi connectivity index (χ4n) is 10.3. The number of hydrogen-bond acceptors (Lipinski definition) is 13.